The van der Waals surface area contributed by atoms with Crippen LogP contribution in [0.3, 0.4) is 0 Å². The first-order valence-electron chi connectivity index (χ1n) is 8.20. The quantitative estimate of drug-likeness (QED) is 0.712. The number of halogens is 3. The van der Waals surface area contributed by atoms with Crippen molar-refractivity contribution in [2.24, 2.45) is 0 Å². The van der Waals surface area contributed by atoms with Crippen LogP contribution in [-0.2, 0) is 6.18 Å². The van der Waals surface area contributed by atoms with Gasteiger partial charge in [0.15, 0.2) is 0 Å². The van der Waals surface area contributed by atoms with Gasteiger partial charge in [0.25, 0.3) is 5.91 Å². The first-order chi connectivity index (χ1) is 12.9. The van der Waals surface area contributed by atoms with Crippen LogP contribution in [0.15, 0.2) is 29.8 Å². The summed E-state index contributed by atoms with van der Waals surface area (Å²) < 4.78 is 40.4. The highest BCUT2D eigenvalue weighted by molar-refractivity contribution is 7.10. The Balaban J connectivity index is 1.63. The molecule has 0 saturated carbocycles. The molecule has 11 heteroatoms. The standard InChI is InChI=1S/C16H15F3N6OS/c17-16(18,19)13-11(3-8-27-13)22-14(26)12-2-1-10-9-21-15(23-25(10)12)24-6-4-20-5-7-24/h1-3,8-9,20H,4-7H2,(H,22,26). The Morgan fingerprint density at radius 3 is 2.74 bits per heavy atom. The summed E-state index contributed by atoms with van der Waals surface area (Å²) in [7, 11) is 0. The van der Waals surface area contributed by atoms with Gasteiger partial charge in [0.05, 0.1) is 17.4 Å². The number of piperazine rings is 1. The van der Waals surface area contributed by atoms with Crippen molar-refractivity contribution in [3.8, 4) is 0 Å². The maximum Gasteiger partial charge on any atom is 0.427 e. The van der Waals surface area contributed by atoms with Gasteiger partial charge in [-0.2, -0.15) is 13.2 Å². The molecule has 3 aromatic heterocycles. The van der Waals surface area contributed by atoms with Crippen LogP contribution >= 0.6 is 11.3 Å². The predicted molar refractivity (Wildman–Crippen MR) is 95.3 cm³/mol. The van der Waals surface area contributed by atoms with Crippen molar-refractivity contribution in [3.05, 3.63) is 40.3 Å². The van der Waals surface area contributed by atoms with Crippen molar-refractivity contribution >= 4 is 34.4 Å². The number of anilines is 2. The third-order valence-corrected chi connectivity index (χ3v) is 5.15. The number of rotatable bonds is 3. The second-order valence-electron chi connectivity index (χ2n) is 5.97. The van der Waals surface area contributed by atoms with Gasteiger partial charge < -0.3 is 15.5 Å². The number of hydrogen-bond acceptors (Lipinski definition) is 6. The number of carbonyl (C=O) groups is 1. The lowest BCUT2D eigenvalue weighted by atomic mass is 10.3. The molecule has 27 heavy (non-hydrogen) atoms. The molecule has 2 N–H and O–H groups in total. The monoisotopic (exact) mass is 396 g/mol. The zero-order valence-electron chi connectivity index (χ0n) is 14.0. The van der Waals surface area contributed by atoms with Gasteiger partial charge in [0, 0.05) is 26.2 Å². The maximum absolute atomic E-state index is 13.0. The van der Waals surface area contributed by atoms with E-state index in [1.165, 1.54) is 22.0 Å². The van der Waals surface area contributed by atoms with Gasteiger partial charge >= 0.3 is 6.18 Å². The summed E-state index contributed by atoms with van der Waals surface area (Å²) in [4.78, 5) is 18.0. The molecule has 7 nitrogen and oxygen atoms in total. The molecule has 0 radical (unpaired) electrons. The summed E-state index contributed by atoms with van der Waals surface area (Å²) in [5, 5.41) is 11.3. The third-order valence-electron chi connectivity index (χ3n) is 4.19. The SMILES string of the molecule is O=C(Nc1ccsc1C(F)(F)F)c1ccc2cnc(N3CCNCC3)nn12. The average Bonchev–Trinajstić information content (AvgIpc) is 3.28. The molecule has 0 unspecified atom stereocenters. The first-order valence-corrected chi connectivity index (χ1v) is 9.08. The van der Waals surface area contributed by atoms with E-state index in [1.54, 1.807) is 12.3 Å². The number of amides is 1. The van der Waals surface area contributed by atoms with E-state index in [0.717, 1.165) is 26.2 Å². The second-order valence-corrected chi connectivity index (χ2v) is 6.88. The van der Waals surface area contributed by atoms with E-state index in [9.17, 15) is 18.0 Å². The molecule has 4 rings (SSSR count). The Labute approximate surface area is 155 Å². The van der Waals surface area contributed by atoms with Crippen LogP contribution in [-0.4, -0.2) is 46.7 Å². The minimum absolute atomic E-state index is 0.142. The summed E-state index contributed by atoms with van der Waals surface area (Å²) in [5.74, 6) is -0.190. The molecule has 1 saturated heterocycles. The number of nitrogens with one attached hydrogen (secondary N) is 2. The molecule has 142 valence electrons. The molecule has 0 aliphatic carbocycles. The Bertz CT molecular complexity index is 976. The van der Waals surface area contributed by atoms with Crippen LogP contribution in [0.4, 0.5) is 24.8 Å². The Kier molecular flexibility index (Phi) is 4.48. The summed E-state index contributed by atoms with van der Waals surface area (Å²) in [6.45, 7) is 3.08. The molecule has 0 atom stereocenters. The fourth-order valence-corrected chi connectivity index (χ4v) is 3.61. The van der Waals surface area contributed by atoms with E-state index in [4.69, 9.17) is 0 Å². The summed E-state index contributed by atoms with van der Waals surface area (Å²) in [5.41, 5.74) is 0.465. The van der Waals surface area contributed by atoms with Crippen LogP contribution < -0.4 is 15.5 Å². The fraction of sp³-hybridized carbons (Fsp3) is 0.312. The van der Waals surface area contributed by atoms with Crippen molar-refractivity contribution in [2.75, 3.05) is 36.4 Å². The Morgan fingerprint density at radius 1 is 1.22 bits per heavy atom. The lowest BCUT2D eigenvalue weighted by molar-refractivity contribution is -0.133. The minimum atomic E-state index is -4.52. The summed E-state index contributed by atoms with van der Waals surface area (Å²) in [6, 6.07) is 4.40. The topological polar surface area (TPSA) is 74.6 Å². The number of nitrogens with zero attached hydrogens (tertiary/aromatic N) is 4. The van der Waals surface area contributed by atoms with Crippen LogP contribution in [0.2, 0.25) is 0 Å². The van der Waals surface area contributed by atoms with Gasteiger partial charge in [-0.1, -0.05) is 0 Å². The zero-order valence-corrected chi connectivity index (χ0v) is 14.8. The number of fused-ring (bicyclic) bond motifs is 1. The highest BCUT2D eigenvalue weighted by Gasteiger charge is 2.35. The van der Waals surface area contributed by atoms with Gasteiger partial charge in [0.2, 0.25) is 5.95 Å². The van der Waals surface area contributed by atoms with Crippen molar-refractivity contribution < 1.29 is 18.0 Å². The van der Waals surface area contributed by atoms with E-state index < -0.39 is 17.0 Å². The van der Waals surface area contributed by atoms with Gasteiger partial charge in [-0.05, 0) is 23.6 Å². The van der Waals surface area contributed by atoms with Gasteiger partial charge in [-0.15, -0.1) is 16.4 Å². The first kappa shape index (κ1) is 17.7. The van der Waals surface area contributed by atoms with Gasteiger partial charge in [-0.3, -0.25) is 4.79 Å². The molecule has 1 fully saturated rings. The van der Waals surface area contributed by atoms with E-state index in [2.05, 4.69) is 20.7 Å². The van der Waals surface area contributed by atoms with Crippen molar-refractivity contribution in [1.29, 1.82) is 0 Å². The summed E-state index contributed by atoms with van der Waals surface area (Å²) >= 11 is 0.536. The van der Waals surface area contributed by atoms with Crippen LogP contribution in [0, 0.1) is 0 Å². The molecule has 3 aromatic rings. The molecular weight excluding hydrogens is 381 g/mol. The molecular formula is C16H15F3N6OS. The molecule has 4 heterocycles. The van der Waals surface area contributed by atoms with Crippen molar-refractivity contribution in [2.45, 2.75) is 6.18 Å². The van der Waals surface area contributed by atoms with Crippen molar-refractivity contribution in [1.82, 2.24) is 19.9 Å². The van der Waals surface area contributed by atoms with E-state index in [0.29, 0.717) is 22.8 Å². The van der Waals surface area contributed by atoms with Crippen molar-refractivity contribution in [3.63, 3.8) is 0 Å². The van der Waals surface area contributed by atoms with Crippen LogP contribution in [0.5, 0.6) is 0 Å². The smallest absolute Gasteiger partial charge is 0.337 e. The highest BCUT2D eigenvalue weighted by atomic mass is 32.1. The molecule has 1 aliphatic heterocycles. The molecule has 0 spiro atoms. The Hall–Kier alpha value is -2.66. The van der Waals surface area contributed by atoms with Gasteiger partial charge in [-0.25, -0.2) is 9.50 Å². The van der Waals surface area contributed by atoms with E-state index >= 15 is 0 Å². The number of thiophene rings is 1. The lowest BCUT2D eigenvalue weighted by Gasteiger charge is -2.27. The highest BCUT2D eigenvalue weighted by Crippen LogP contribution is 2.39. The number of carbonyl (C=O) groups excluding carboxylic acids is 1. The summed E-state index contributed by atoms with van der Waals surface area (Å²) in [6.07, 6.45) is -2.93. The van der Waals surface area contributed by atoms with E-state index in [-0.39, 0.29) is 11.4 Å². The lowest BCUT2D eigenvalue weighted by Crippen LogP contribution is -2.44. The average molecular weight is 396 g/mol. The number of alkyl halides is 3. The number of hydrogen-bond donors (Lipinski definition) is 2. The second kappa shape index (κ2) is 6.82. The molecule has 0 aromatic carbocycles. The van der Waals surface area contributed by atoms with Gasteiger partial charge in [0.1, 0.15) is 10.6 Å². The fourth-order valence-electron chi connectivity index (χ4n) is 2.89. The third kappa shape index (κ3) is 3.47. The maximum atomic E-state index is 13.0. The molecule has 0 bridgehead atoms. The Morgan fingerprint density at radius 2 is 2.00 bits per heavy atom. The predicted octanol–water partition coefficient (Wildman–Crippen LogP) is 2.47. The number of aromatic nitrogens is 3. The largest absolute Gasteiger partial charge is 0.427 e. The molecule has 1 amide bonds. The zero-order chi connectivity index (χ0) is 19.0. The van der Waals surface area contributed by atoms with E-state index in [1.807, 2.05) is 4.90 Å². The minimum Gasteiger partial charge on any atom is -0.337 e. The normalized spacial score (nSPS) is 15.3. The molecule has 1 aliphatic rings. The van der Waals surface area contributed by atoms with Crippen LogP contribution in [0.25, 0.3) is 5.52 Å². The van der Waals surface area contributed by atoms with Crippen LogP contribution in [0.1, 0.15) is 15.4 Å².